The molecule has 0 aliphatic carbocycles. The molecule has 1 unspecified atom stereocenters. The number of hydrogen-bond acceptors (Lipinski definition) is 4. The summed E-state index contributed by atoms with van der Waals surface area (Å²) in [6.07, 6.45) is 3.68. The minimum Gasteiger partial charge on any atom is -0.292 e. The molecule has 0 bridgehead atoms. The number of para-hydroxylation sites is 1. The van der Waals surface area contributed by atoms with Gasteiger partial charge in [0.2, 0.25) is 0 Å². The van der Waals surface area contributed by atoms with Crippen molar-refractivity contribution >= 4 is 93.9 Å². The first-order valence-corrected chi connectivity index (χ1v) is 17.0. The molecule has 4 aromatic heterocycles. The maximum absolute atomic E-state index is 6.89. The Kier molecular flexibility index (Phi) is 5.31. The molecule has 9 aromatic rings. The molecule has 4 nitrogen and oxygen atoms in total. The van der Waals surface area contributed by atoms with E-state index in [0.717, 1.165) is 65.3 Å². The average molecular weight is 587 g/mol. The highest BCUT2D eigenvalue weighted by Crippen LogP contribution is 2.45. The lowest BCUT2D eigenvalue weighted by molar-refractivity contribution is 1.32. The van der Waals surface area contributed by atoms with Crippen LogP contribution < -0.4 is 15.9 Å². The van der Waals surface area contributed by atoms with E-state index in [1.807, 2.05) is 24.5 Å². The van der Waals surface area contributed by atoms with E-state index in [2.05, 4.69) is 130 Å². The first kappa shape index (κ1) is 24.6. The number of aromatic nitrogens is 4. The van der Waals surface area contributed by atoms with Gasteiger partial charge in [0.1, 0.15) is 5.65 Å². The van der Waals surface area contributed by atoms with E-state index in [4.69, 9.17) is 16.8 Å². The third-order valence-electron chi connectivity index (χ3n) is 8.51. The van der Waals surface area contributed by atoms with E-state index in [-0.39, 0.29) is 0 Å². The van der Waals surface area contributed by atoms with Gasteiger partial charge in [-0.25, -0.2) is 4.98 Å². The van der Waals surface area contributed by atoms with Crippen LogP contribution in [0.2, 0.25) is 0 Å². The van der Waals surface area contributed by atoms with Crippen molar-refractivity contribution in [1.82, 2.24) is 19.4 Å². The smallest absolute Gasteiger partial charge is 0.146 e. The number of hydrogen-bond donors (Lipinski definition) is 0. The minimum absolute atomic E-state index is 0.949. The maximum atomic E-state index is 6.89. The monoisotopic (exact) mass is 586 g/mol. The highest BCUT2D eigenvalue weighted by Gasteiger charge is 2.27. The molecule has 0 saturated heterocycles. The van der Waals surface area contributed by atoms with Crippen molar-refractivity contribution in [2.24, 2.45) is 0 Å². The maximum Gasteiger partial charge on any atom is 0.146 e. The van der Waals surface area contributed by atoms with Gasteiger partial charge in [0.05, 0.1) is 27.6 Å². The van der Waals surface area contributed by atoms with Crippen LogP contribution in [0.25, 0.3) is 60.2 Å². The molecule has 0 aliphatic rings. The first-order chi connectivity index (χ1) is 21.2. The second-order valence-electron chi connectivity index (χ2n) is 10.9. The number of fused-ring (bicyclic) bond motifs is 10. The number of rotatable bonds is 3. The summed E-state index contributed by atoms with van der Waals surface area (Å²) in [6, 6.07) is 42.4. The topological polar surface area (TPSA) is 43.1 Å². The van der Waals surface area contributed by atoms with Gasteiger partial charge in [-0.2, -0.15) is 0 Å². The first-order valence-electron chi connectivity index (χ1n) is 14.2. The Bertz CT molecular complexity index is 2540. The third kappa shape index (κ3) is 3.62. The molecule has 0 aliphatic heterocycles. The lowest BCUT2D eigenvalue weighted by Gasteiger charge is -2.25. The van der Waals surface area contributed by atoms with Crippen LogP contribution in [0.5, 0.6) is 0 Å². The molecule has 6 heteroatoms. The standard InChI is InChI=1S/C37H23N4PS/c43-42(26-15-17-32-25(21-26)8-6-19-38-32,27-14-13-24-7-5-20-39-34(24)22-27)28-16-18-33-36(23-28)41-35-12-4-3-10-30(35)29-9-1-2-11-31(29)37(41)40-33/h1-23H. The summed E-state index contributed by atoms with van der Waals surface area (Å²) in [5, 5.41) is 9.10. The molecule has 0 fully saturated rings. The summed E-state index contributed by atoms with van der Waals surface area (Å²) in [7, 11) is 0. The van der Waals surface area contributed by atoms with Crippen molar-refractivity contribution in [3.8, 4) is 0 Å². The predicted molar refractivity (Wildman–Crippen MR) is 184 cm³/mol. The van der Waals surface area contributed by atoms with Crippen molar-refractivity contribution in [2.75, 3.05) is 0 Å². The van der Waals surface area contributed by atoms with Gasteiger partial charge >= 0.3 is 0 Å². The normalized spacial score (nSPS) is 13.4. The van der Waals surface area contributed by atoms with Crippen molar-refractivity contribution in [3.63, 3.8) is 0 Å². The molecule has 9 rings (SSSR count). The number of nitrogens with zero attached hydrogens (tertiary/aromatic N) is 4. The van der Waals surface area contributed by atoms with E-state index in [9.17, 15) is 0 Å². The fourth-order valence-electron chi connectivity index (χ4n) is 6.45. The Morgan fingerprint density at radius 1 is 0.488 bits per heavy atom. The van der Waals surface area contributed by atoms with Gasteiger partial charge in [-0.3, -0.25) is 14.4 Å². The van der Waals surface area contributed by atoms with Gasteiger partial charge in [-0.15, -0.1) is 0 Å². The molecule has 43 heavy (non-hydrogen) atoms. The summed E-state index contributed by atoms with van der Waals surface area (Å²) < 4.78 is 2.31. The van der Waals surface area contributed by atoms with Crippen molar-refractivity contribution < 1.29 is 0 Å². The fourth-order valence-corrected chi connectivity index (χ4v) is 10.1. The Morgan fingerprint density at radius 3 is 2.00 bits per heavy atom. The molecule has 0 amide bonds. The molecular weight excluding hydrogens is 563 g/mol. The van der Waals surface area contributed by atoms with Crippen LogP contribution in [-0.2, 0) is 11.8 Å². The van der Waals surface area contributed by atoms with Crippen molar-refractivity contribution in [2.45, 2.75) is 0 Å². The van der Waals surface area contributed by atoms with Gasteiger partial charge < -0.3 is 0 Å². The lowest BCUT2D eigenvalue weighted by Crippen LogP contribution is -2.25. The van der Waals surface area contributed by atoms with Crippen LogP contribution in [0.15, 0.2) is 140 Å². The molecule has 5 aromatic carbocycles. The van der Waals surface area contributed by atoms with Gasteiger partial charge in [0, 0.05) is 40.0 Å². The number of pyridine rings is 3. The summed E-state index contributed by atoms with van der Waals surface area (Å²) in [6.45, 7) is 0. The Hall–Kier alpha value is -4.96. The second-order valence-corrected chi connectivity index (χ2v) is 15.3. The van der Waals surface area contributed by atoms with Crippen LogP contribution in [0, 0.1) is 0 Å². The minimum atomic E-state index is -2.53. The van der Waals surface area contributed by atoms with Crippen LogP contribution in [0.4, 0.5) is 0 Å². The van der Waals surface area contributed by atoms with E-state index in [0.29, 0.717) is 0 Å². The highest BCUT2D eigenvalue weighted by molar-refractivity contribution is 8.25. The van der Waals surface area contributed by atoms with E-state index in [1.165, 1.54) is 10.8 Å². The summed E-state index contributed by atoms with van der Waals surface area (Å²) >= 11 is 6.89. The van der Waals surface area contributed by atoms with Crippen molar-refractivity contribution in [3.05, 3.63) is 140 Å². The van der Waals surface area contributed by atoms with Crippen LogP contribution in [-0.4, -0.2) is 19.4 Å². The second kappa shape index (κ2) is 9.27. The molecule has 1 atom stereocenters. The Morgan fingerprint density at radius 2 is 1.14 bits per heavy atom. The lowest BCUT2D eigenvalue weighted by atomic mass is 10.1. The molecule has 202 valence electrons. The highest BCUT2D eigenvalue weighted by atomic mass is 32.4. The molecule has 0 N–H and O–H groups in total. The van der Waals surface area contributed by atoms with Crippen LogP contribution >= 0.6 is 6.04 Å². The van der Waals surface area contributed by atoms with Gasteiger partial charge in [-0.1, -0.05) is 90.7 Å². The number of imidazole rings is 1. The van der Waals surface area contributed by atoms with Gasteiger partial charge in [0.25, 0.3) is 0 Å². The summed E-state index contributed by atoms with van der Waals surface area (Å²) in [4.78, 5) is 14.4. The zero-order valence-electron chi connectivity index (χ0n) is 22.9. The van der Waals surface area contributed by atoms with E-state index >= 15 is 0 Å². The van der Waals surface area contributed by atoms with E-state index in [1.54, 1.807) is 0 Å². The zero-order valence-corrected chi connectivity index (χ0v) is 24.6. The zero-order chi connectivity index (χ0) is 28.5. The van der Waals surface area contributed by atoms with Crippen LogP contribution in [0.1, 0.15) is 0 Å². The van der Waals surface area contributed by atoms with E-state index < -0.39 is 6.04 Å². The SMILES string of the molecule is S=P(c1ccc2ncccc2c1)(c1ccc2cccnc2c1)c1ccc2nc3c4ccccc4c4ccccc4n3c2c1. The molecule has 0 radical (unpaired) electrons. The Balaban J connectivity index is 1.38. The summed E-state index contributed by atoms with van der Waals surface area (Å²) in [5.74, 6) is 0. The van der Waals surface area contributed by atoms with Gasteiger partial charge in [0.15, 0.2) is 0 Å². The van der Waals surface area contributed by atoms with Crippen molar-refractivity contribution in [1.29, 1.82) is 0 Å². The predicted octanol–water partition coefficient (Wildman–Crippen LogP) is 7.65. The largest absolute Gasteiger partial charge is 0.292 e. The average Bonchev–Trinajstić information content (AvgIpc) is 3.47. The van der Waals surface area contributed by atoms with Gasteiger partial charge in [-0.05, 0) is 69.8 Å². The molecule has 4 heterocycles. The third-order valence-corrected chi connectivity index (χ3v) is 13.4. The Labute approximate surface area is 252 Å². The molecular formula is C37H23N4PS. The fraction of sp³-hybridized carbons (Fsp3) is 0. The molecule has 0 saturated carbocycles. The quantitative estimate of drug-likeness (QED) is 0.158. The summed E-state index contributed by atoms with van der Waals surface area (Å²) in [5.41, 5.74) is 6.02. The van der Waals surface area contributed by atoms with Crippen LogP contribution in [0.3, 0.4) is 0 Å². The number of benzene rings is 5. The molecule has 0 spiro atoms.